The van der Waals surface area contributed by atoms with Gasteiger partial charge in [-0.3, -0.25) is 9.59 Å². The van der Waals surface area contributed by atoms with Crippen molar-refractivity contribution in [3.05, 3.63) is 60.4 Å². The number of carbonyl (C=O) groups excluding carboxylic acids is 2. The maximum atomic E-state index is 13.5. The summed E-state index contributed by atoms with van der Waals surface area (Å²) in [5.74, 6) is -1.34. The summed E-state index contributed by atoms with van der Waals surface area (Å²) in [6.07, 6.45) is 2.03. The molecule has 1 atom stereocenters. The number of thiazole rings is 1. The van der Waals surface area contributed by atoms with Crippen LogP contribution in [-0.4, -0.2) is 29.6 Å². The van der Waals surface area contributed by atoms with Gasteiger partial charge in [-0.25, -0.2) is 9.37 Å². The number of halogens is 1. The Morgan fingerprint density at radius 1 is 1.24 bits per heavy atom. The smallest absolute Gasteiger partial charge is 0.230 e. The van der Waals surface area contributed by atoms with Crippen LogP contribution >= 0.6 is 23.1 Å². The first kappa shape index (κ1) is 19.6. The van der Waals surface area contributed by atoms with Crippen LogP contribution in [0.3, 0.4) is 0 Å². The number of benzene rings is 2. The second kappa shape index (κ2) is 8.34. The predicted molar refractivity (Wildman–Crippen MR) is 115 cm³/mol. The van der Waals surface area contributed by atoms with E-state index in [0.717, 1.165) is 15.6 Å². The molecular weight excluding hydrogens is 409 g/mol. The van der Waals surface area contributed by atoms with Crippen molar-refractivity contribution in [2.24, 2.45) is 5.92 Å². The fraction of sp³-hybridized carbons (Fsp3) is 0.190. The molecule has 29 heavy (non-hydrogen) atoms. The van der Waals surface area contributed by atoms with Gasteiger partial charge in [-0.1, -0.05) is 59.5 Å². The zero-order valence-corrected chi connectivity index (χ0v) is 17.2. The standard InChI is InChI=1S/C21H18FN3O2S2/c1-28-21-23-18(13-6-3-2-4-7-13)20(29-21)24-19(27)14-10-17(26)25(12-14)16-9-5-8-15(22)11-16/h2-9,11,14H,10,12H2,1H3,(H,24,27). The maximum absolute atomic E-state index is 13.5. The molecule has 1 unspecified atom stereocenters. The summed E-state index contributed by atoms with van der Waals surface area (Å²) in [5, 5.41) is 3.63. The molecule has 0 aliphatic carbocycles. The number of anilines is 2. The Morgan fingerprint density at radius 3 is 2.76 bits per heavy atom. The number of nitrogens with one attached hydrogen (secondary N) is 1. The fourth-order valence-electron chi connectivity index (χ4n) is 3.25. The van der Waals surface area contributed by atoms with E-state index in [1.54, 1.807) is 12.1 Å². The van der Waals surface area contributed by atoms with Crippen LogP contribution in [-0.2, 0) is 9.59 Å². The summed E-state index contributed by atoms with van der Waals surface area (Å²) in [7, 11) is 0. The minimum atomic E-state index is -0.505. The molecule has 1 aromatic heterocycles. The van der Waals surface area contributed by atoms with Crippen LogP contribution in [0.15, 0.2) is 58.9 Å². The Balaban J connectivity index is 1.53. The van der Waals surface area contributed by atoms with Crippen LogP contribution < -0.4 is 10.2 Å². The molecule has 1 N–H and O–H groups in total. The van der Waals surface area contributed by atoms with E-state index >= 15 is 0 Å². The van der Waals surface area contributed by atoms with Gasteiger partial charge in [0.25, 0.3) is 0 Å². The fourth-order valence-corrected chi connectivity index (χ4v) is 4.74. The highest BCUT2D eigenvalue weighted by Crippen LogP contribution is 2.37. The third-order valence-electron chi connectivity index (χ3n) is 4.68. The molecule has 2 amide bonds. The summed E-state index contributed by atoms with van der Waals surface area (Å²) >= 11 is 2.93. The first-order valence-electron chi connectivity index (χ1n) is 9.02. The molecule has 8 heteroatoms. The highest BCUT2D eigenvalue weighted by molar-refractivity contribution is 8.00. The van der Waals surface area contributed by atoms with Gasteiger partial charge in [0.1, 0.15) is 16.5 Å². The zero-order valence-electron chi connectivity index (χ0n) is 15.6. The third-order valence-corrected chi connectivity index (χ3v) is 6.64. The molecule has 0 spiro atoms. The van der Waals surface area contributed by atoms with Gasteiger partial charge in [0.2, 0.25) is 11.8 Å². The average molecular weight is 428 g/mol. The molecule has 5 nitrogen and oxygen atoms in total. The lowest BCUT2D eigenvalue weighted by Crippen LogP contribution is -2.28. The van der Waals surface area contributed by atoms with Crippen LogP contribution in [0.5, 0.6) is 0 Å². The summed E-state index contributed by atoms with van der Waals surface area (Å²) < 4.78 is 14.4. The van der Waals surface area contributed by atoms with Gasteiger partial charge in [0.05, 0.1) is 5.92 Å². The molecule has 1 fully saturated rings. The molecular formula is C21H18FN3O2S2. The number of nitrogens with zero attached hydrogens (tertiary/aromatic N) is 2. The van der Waals surface area contributed by atoms with E-state index < -0.39 is 11.7 Å². The van der Waals surface area contributed by atoms with Gasteiger partial charge < -0.3 is 10.2 Å². The molecule has 1 aliphatic heterocycles. The van der Waals surface area contributed by atoms with Crippen LogP contribution in [0.4, 0.5) is 15.1 Å². The van der Waals surface area contributed by atoms with Crippen molar-refractivity contribution in [3.8, 4) is 11.3 Å². The second-order valence-corrected chi connectivity index (χ2v) is 8.65. The summed E-state index contributed by atoms with van der Waals surface area (Å²) in [6.45, 7) is 0.225. The van der Waals surface area contributed by atoms with Gasteiger partial charge in [0, 0.05) is 24.2 Å². The Labute approximate surface area is 176 Å². The lowest BCUT2D eigenvalue weighted by atomic mass is 10.1. The number of rotatable bonds is 5. The lowest BCUT2D eigenvalue weighted by Gasteiger charge is -2.16. The molecule has 2 heterocycles. The van der Waals surface area contributed by atoms with Crippen LogP contribution in [0.25, 0.3) is 11.3 Å². The molecule has 3 aromatic rings. The maximum Gasteiger partial charge on any atom is 0.230 e. The number of hydrogen-bond acceptors (Lipinski definition) is 5. The normalized spacial score (nSPS) is 16.3. The number of amides is 2. The molecule has 1 saturated heterocycles. The van der Waals surface area contributed by atoms with Gasteiger partial charge >= 0.3 is 0 Å². The molecule has 0 radical (unpaired) electrons. The number of thioether (sulfide) groups is 1. The zero-order chi connectivity index (χ0) is 20.4. The summed E-state index contributed by atoms with van der Waals surface area (Å²) in [4.78, 5) is 31.4. The van der Waals surface area contributed by atoms with Crippen molar-refractivity contribution in [1.29, 1.82) is 0 Å². The number of aromatic nitrogens is 1. The minimum Gasteiger partial charge on any atom is -0.316 e. The SMILES string of the molecule is CSc1nc(-c2ccccc2)c(NC(=O)C2CC(=O)N(c3cccc(F)c3)C2)s1. The molecule has 148 valence electrons. The molecule has 1 aliphatic rings. The Hall–Kier alpha value is -2.71. The van der Waals surface area contributed by atoms with Crippen molar-refractivity contribution in [2.75, 3.05) is 23.0 Å². The predicted octanol–water partition coefficient (Wildman–Crippen LogP) is 4.66. The Kier molecular flexibility index (Phi) is 5.64. The summed E-state index contributed by atoms with van der Waals surface area (Å²) in [6, 6.07) is 15.5. The largest absolute Gasteiger partial charge is 0.316 e. The second-order valence-electron chi connectivity index (χ2n) is 6.60. The van der Waals surface area contributed by atoms with E-state index in [1.807, 2.05) is 36.6 Å². The van der Waals surface area contributed by atoms with Crippen LogP contribution in [0, 0.1) is 11.7 Å². The van der Waals surface area contributed by atoms with Crippen LogP contribution in [0.1, 0.15) is 6.42 Å². The highest BCUT2D eigenvalue weighted by Gasteiger charge is 2.35. The quantitative estimate of drug-likeness (QED) is 0.602. The van der Waals surface area contributed by atoms with E-state index in [4.69, 9.17) is 0 Å². The molecule has 2 aromatic carbocycles. The van der Waals surface area contributed by atoms with Gasteiger partial charge in [-0.2, -0.15) is 0 Å². The van der Waals surface area contributed by atoms with Gasteiger partial charge in [-0.15, -0.1) is 0 Å². The van der Waals surface area contributed by atoms with E-state index in [9.17, 15) is 14.0 Å². The van der Waals surface area contributed by atoms with E-state index in [2.05, 4.69) is 10.3 Å². The van der Waals surface area contributed by atoms with Crippen molar-refractivity contribution < 1.29 is 14.0 Å². The van der Waals surface area contributed by atoms with Crippen molar-refractivity contribution in [2.45, 2.75) is 10.8 Å². The lowest BCUT2D eigenvalue weighted by molar-refractivity contribution is -0.122. The first-order chi connectivity index (χ1) is 14.0. The van der Waals surface area contributed by atoms with Crippen LogP contribution in [0.2, 0.25) is 0 Å². The molecule has 0 saturated carbocycles. The average Bonchev–Trinajstić information content (AvgIpc) is 3.32. The number of hydrogen-bond donors (Lipinski definition) is 1. The third kappa shape index (κ3) is 4.18. The highest BCUT2D eigenvalue weighted by atomic mass is 32.2. The molecule has 4 rings (SSSR count). The van der Waals surface area contributed by atoms with Crippen molar-refractivity contribution in [1.82, 2.24) is 4.98 Å². The summed E-state index contributed by atoms with van der Waals surface area (Å²) in [5.41, 5.74) is 2.11. The minimum absolute atomic E-state index is 0.0945. The monoisotopic (exact) mass is 427 g/mol. The molecule has 0 bridgehead atoms. The Morgan fingerprint density at radius 2 is 2.03 bits per heavy atom. The van der Waals surface area contributed by atoms with E-state index in [1.165, 1.54) is 40.1 Å². The van der Waals surface area contributed by atoms with E-state index in [-0.39, 0.29) is 24.8 Å². The van der Waals surface area contributed by atoms with Gasteiger partial charge in [-0.05, 0) is 24.5 Å². The van der Waals surface area contributed by atoms with E-state index in [0.29, 0.717) is 10.7 Å². The topological polar surface area (TPSA) is 62.3 Å². The first-order valence-corrected chi connectivity index (χ1v) is 11.1. The Bertz CT molecular complexity index is 1060. The van der Waals surface area contributed by atoms with Crippen molar-refractivity contribution >= 4 is 45.6 Å². The number of carbonyl (C=O) groups is 2. The van der Waals surface area contributed by atoms with Crippen molar-refractivity contribution in [3.63, 3.8) is 0 Å². The van der Waals surface area contributed by atoms with Gasteiger partial charge in [0.15, 0.2) is 4.34 Å².